The SMILES string of the molecule is N#Cc1cc(F)ccc1CCS(=O)(=O)Cl.N#Cc1cc(F)ccc1CCS(N)(=O)=O. The van der Waals surface area contributed by atoms with E-state index in [0.717, 1.165) is 12.1 Å². The smallest absolute Gasteiger partial charge is 0.229 e. The second kappa shape index (κ2) is 11.0. The van der Waals surface area contributed by atoms with Gasteiger partial charge in [0.25, 0.3) is 0 Å². The zero-order valence-corrected chi connectivity index (χ0v) is 17.7. The maximum atomic E-state index is 12.7. The molecule has 0 aromatic heterocycles. The fourth-order valence-corrected chi connectivity index (χ4v) is 3.43. The molecule has 0 radical (unpaired) electrons. The summed E-state index contributed by atoms with van der Waals surface area (Å²) < 4.78 is 68.2. The van der Waals surface area contributed by atoms with Gasteiger partial charge in [-0.05, 0) is 48.2 Å². The molecule has 0 saturated heterocycles. The molecule has 160 valence electrons. The van der Waals surface area contributed by atoms with Crippen LogP contribution in [0.1, 0.15) is 22.3 Å². The summed E-state index contributed by atoms with van der Waals surface area (Å²) in [5.74, 6) is -1.57. The summed E-state index contributed by atoms with van der Waals surface area (Å²) in [7, 11) is -2.12. The number of hydrogen-bond donors (Lipinski definition) is 1. The molecule has 2 aromatic rings. The minimum absolute atomic E-state index is 0.106. The number of benzene rings is 2. The average molecular weight is 476 g/mol. The van der Waals surface area contributed by atoms with Crippen LogP contribution in [0.25, 0.3) is 0 Å². The van der Waals surface area contributed by atoms with E-state index in [1.807, 2.05) is 0 Å². The maximum absolute atomic E-state index is 12.7. The normalized spacial score (nSPS) is 11.0. The first-order chi connectivity index (χ1) is 13.8. The van der Waals surface area contributed by atoms with Crippen LogP contribution in [0.15, 0.2) is 36.4 Å². The molecule has 12 heteroatoms. The van der Waals surface area contributed by atoms with Crippen LogP contribution in [0, 0.1) is 34.3 Å². The van der Waals surface area contributed by atoms with Gasteiger partial charge < -0.3 is 0 Å². The Morgan fingerprint density at radius 2 is 1.23 bits per heavy atom. The zero-order valence-electron chi connectivity index (χ0n) is 15.3. The Morgan fingerprint density at radius 3 is 1.57 bits per heavy atom. The fraction of sp³-hybridized carbons (Fsp3) is 0.222. The number of halogens is 3. The lowest BCUT2D eigenvalue weighted by molar-refractivity contribution is 0.596. The third kappa shape index (κ3) is 9.76. The molecule has 2 N–H and O–H groups in total. The number of aryl methyl sites for hydroxylation is 2. The summed E-state index contributed by atoms with van der Waals surface area (Å²) in [4.78, 5) is 0. The van der Waals surface area contributed by atoms with Crippen molar-refractivity contribution in [3.05, 3.63) is 70.3 Å². The van der Waals surface area contributed by atoms with Gasteiger partial charge in [0.05, 0.1) is 34.8 Å². The van der Waals surface area contributed by atoms with E-state index in [1.165, 1.54) is 24.3 Å². The van der Waals surface area contributed by atoms with Crippen LogP contribution in [-0.4, -0.2) is 28.3 Å². The summed E-state index contributed by atoms with van der Waals surface area (Å²) >= 11 is 0. The van der Waals surface area contributed by atoms with Gasteiger partial charge in [0.15, 0.2) is 0 Å². The minimum atomic E-state index is -3.59. The first-order valence-corrected chi connectivity index (χ1v) is 12.3. The highest BCUT2D eigenvalue weighted by Crippen LogP contribution is 2.13. The van der Waals surface area contributed by atoms with Gasteiger partial charge in [0.2, 0.25) is 19.1 Å². The van der Waals surface area contributed by atoms with Gasteiger partial charge in [0, 0.05) is 10.7 Å². The quantitative estimate of drug-likeness (QED) is 0.635. The lowest BCUT2D eigenvalue weighted by atomic mass is 10.1. The van der Waals surface area contributed by atoms with Gasteiger partial charge in [-0.3, -0.25) is 0 Å². The molecular weight excluding hydrogens is 460 g/mol. The fourth-order valence-electron chi connectivity index (χ4n) is 2.23. The molecule has 0 spiro atoms. The number of primary sulfonamides is 1. The summed E-state index contributed by atoms with van der Waals surface area (Å²) in [6, 6.07) is 10.9. The van der Waals surface area contributed by atoms with E-state index < -0.39 is 30.7 Å². The molecule has 0 unspecified atom stereocenters. The van der Waals surface area contributed by atoms with Crippen molar-refractivity contribution in [1.82, 2.24) is 0 Å². The first kappa shape index (κ1) is 25.5. The highest BCUT2D eigenvalue weighted by Gasteiger charge is 2.10. The number of nitriles is 2. The Bertz CT molecular complexity index is 1110. The molecule has 30 heavy (non-hydrogen) atoms. The standard InChI is InChI=1S/C9H7ClFNO2S.C9H9FN2O2S/c10-15(13,14)4-3-7-1-2-9(11)5-8(7)6-12;10-9-2-1-7(8(5-9)6-11)3-4-15(12,13)14/h1-2,5H,3-4H2;1-2,5H,3-4H2,(H2,12,13,14). The molecule has 2 rings (SSSR count). The van der Waals surface area contributed by atoms with Crippen molar-refractivity contribution in [3.63, 3.8) is 0 Å². The van der Waals surface area contributed by atoms with Crippen molar-refractivity contribution >= 4 is 29.8 Å². The Balaban J connectivity index is 0.000000300. The van der Waals surface area contributed by atoms with Crippen LogP contribution >= 0.6 is 10.7 Å². The molecule has 2 aromatic carbocycles. The first-order valence-electron chi connectivity index (χ1n) is 8.14. The topological polar surface area (TPSA) is 142 Å². The van der Waals surface area contributed by atoms with Crippen LogP contribution in [0.4, 0.5) is 8.78 Å². The minimum Gasteiger partial charge on any atom is -0.229 e. The van der Waals surface area contributed by atoms with Crippen molar-refractivity contribution in [2.24, 2.45) is 5.14 Å². The van der Waals surface area contributed by atoms with E-state index in [0.29, 0.717) is 11.1 Å². The van der Waals surface area contributed by atoms with Gasteiger partial charge in [0.1, 0.15) is 11.6 Å². The predicted octanol–water partition coefficient (Wildman–Crippen LogP) is 2.34. The van der Waals surface area contributed by atoms with Gasteiger partial charge in [-0.25, -0.2) is 30.8 Å². The van der Waals surface area contributed by atoms with E-state index in [9.17, 15) is 25.6 Å². The molecule has 0 amide bonds. The van der Waals surface area contributed by atoms with Gasteiger partial charge in [-0.2, -0.15) is 10.5 Å². The molecule has 0 fully saturated rings. The van der Waals surface area contributed by atoms with Crippen molar-refractivity contribution < 1.29 is 25.6 Å². The van der Waals surface area contributed by atoms with Gasteiger partial charge >= 0.3 is 0 Å². The van der Waals surface area contributed by atoms with E-state index in [1.54, 1.807) is 12.1 Å². The largest absolute Gasteiger partial charge is 0.232 e. The molecule has 0 aliphatic rings. The second-order valence-corrected chi connectivity index (χ2v) is 10.6. The molecule has 0 aliphatic heterocycles. The Labute approximate surface area is 177 Å². The summed E-state index contributed by atoms with van der Waals surface area (Å²) in [6.45, 7) is 0. The van der Waals surface area contributed by atoms with E-state index >= 15 is 0 Å². The summed E-state index contributed by atoms with van der Waals surface area (Å²) in [5.41, 5.74) is 1.23. The van der Waals surface area contributed by atoms with Crippen LogP contribution in [0.5, 0.6) is 0 Å². The number of nitrogens with zero attached hydrogens (tertiary/aromatic N) is 2. The lowest BCUT2D eigenvalue weighted by Crippen LogP contribution is -2.18. The van der Waals surface area contributed by atoms with Gasteiger partial charge in [-0.15, -0.1) is 0 Å². The lowest BCUT2D eigenvalue weighted by Gasteiger charge is -2.02. The number of nitrogens with two attached hydrogens (primary N) is 1. The molecular formula is C18H16ClF2N3O4S2. The van der Waals surface area contributed by atoms with E-state index in [4.69, 9.17) is 26.3 Å². The highest BCUT2D eigenvalue weighted by atomic mass is 35.7. The molecule has 0 bridgehead atoms. The molecule has 7 nitrogen and oxygen atoms in total. The van der Waals surface area contributed by atoms with Crippen molar-refractivity contribution in [2.75, 3.05) is 11.5 Å². The molecule has 0 aliphatic carbocycles. The van der Waals surface area contributed by atoms with Crippen LogP contribution in [0.3, 0.4) is 0 Å². The van der Waals surface area contributed by atoms with Crippen molar-refractivity contribution in [1.29, 1.82) is 10.5 Å². The summed E-state index contributed by atoms with van der Waals surface area (Å²) in [5, 5.41) is 22.2. The highest BCUT2D eigenvalue weighted by molar-refractivity contribution is 8.13. The second-order valence-electron chi connectivity index (χ2n) is 5.94. The van der Waals surface area contributed by atoms with Gasteiger partial charge in [-0.1, -0.05) is 12.1 Å². The van der Waals surface area contributed by atoms with E-state index in [2.05, 4.69) is 0 Å². The van der Waals surface area contributed by atoms with Crippen LogP contribution in [0.2, 0.25) is 0 Å². The number of sulfonamides is 1. The number of hydrogen-bond acceptors (Lipinski definition) is 6. The van der Waals surface area contributed by atoms with Crippen molar-refractivity contribution in [3.8, 4) is 12.1 Å². The van der Waals surface area contributed by atoms with E-state index in [-0.39, 0.29) is 35.5 Å². The molecule has 0 heterocycles. The number of rotatable bonds is 6. The Hall–Kier alpha value is -2.57. The Kier molecular flexibility index (Phi) is 9.33. The maximum Gasteiger partial charge on any atom is 0.232 e. The molecule has 0 atom stereocenters. The third-order valence-electron chi connectivity index (χ3n) is 3.66. The van der Waals surface area contributed by atoms with Crippen LogP contribution in [-0.2, 0) is 31.9 Å². The summed E-state index contributed by atoms with van der Waals surface area (Å²) in [6.07, 6.45) is 0.219. The molecule has 0 saturated carbocycles. The average Bonchev–Trinajstić information content (AvgIpc) is 2.65. The van der Waals surface area contributed by atoms with Crippen molar-refractivity contribution in [2.45, 2.75) is 12.8 Å². The zero-order chi connectivity index (χ0) is 22.9. The predicted molar refractivity (Wildman–Crippen MR) is 107 cm³/mol. The van der Waals surface area contributed by atoms with Crippen LogP contribution < -0.4 is 5.14 Å². The monoisotopic (exact) mass is 475 g/mol. The Morgan fingerprint density at radius 1 is 0.833 bits per heavy atom. The third-order valence-corrected chi connectivity index (χ3v) is 5.58.